The van der Waals surface area contributed by atoms with E-state index in [1.54, 1.807) is 7.11 Å². The first-order valence-electron chi connectivity index (χ1n) is 6.78. The summed E-state index contributed by atoms with van der Waals surface area (Å²) in [6.07, 6.45) is 3.68. The van der Waals surface area contributed by atoms with Crippen LogP contribution < -0.4 is 4.90 Å². The van der Waals surface area contributed by atoms with Gasteiger partial charge in [-0.3, -0.25) is 4.98 Å². The summed E-state index contributed by atoms with van der Waals surface area (Å²) in [5.41, 5.74) is 3.19. The number of pyridine rings is 1. The maximum Gasteiger partial charge on any atom is 0.260 e. The predicted octanol–water partition coefficient (Wildman–Crippen LogP) is 0.983. The van der Waals surface area contributed by atoms with Gasteiger partial charge in [0.25, 0.3) is 11.7 Å². The van der Waals surface area contributed by atoms with E-state index in [2.05, 4.69) is 33.4 Å². The van der Waals surface area contributed by atoms with Crippen LogP contribution >= 0.6 is 0 Å². The Labute approximate surface area is 123 Å². The molecule has 106 valence electrons. The number of benzene rings is 1. The lowest BCUT2D eigenvalue weighted by molar-refractivity contribution is -0.673. The predicted molar refractivity (Wildman–Crippen MR) is 82.4 cm³/mol. The highest BCUT2D eigenvalue weighted by Gasteiger charge is 2.27. The zero-order chi connectivity index (χ0) is 14.7. The van der Waals surface area contributed by atoms with Crippen LogP contribution in [0.2, 0.25) is 0 Å². The van der Waals surface area contributed by atoms with E-state index in [0.29, 0.717) is 6.61 Å². The van der Waals surface area contributed by atoms with Gasteiger partial charge in [0.2, 0.25) is 0 Å². The summed E-state index contributed by atoms with van der Waals surface area (Å²) in [7, 11) is 3.67. The molecule has 1 N–H and O–H groups in total. The van der Waals surface area contributed by atoms with Gasteiger partial charge < -0.3 is 4.74 Å². The minimum Gasteiger partial charge on any atom is -0.372 e. The van der Waals surface area contributed by atoms with E-state index < -0.39 is 0 Å². The molecule has 0 amide bonds. The molecule has 5 heteroatoms. The largest absolute Gasteiger partial charge is 0.372 e. The van der Waals surface area contributed by atoms with Gasteiger partial charge in [-0.1, -0.05) is 40.5 Å². The van der Waals surface area contributed by atoms with Crippen molar-refractivity contribution in [3.8, 4) is 11.1 Å². The molecule has 21 heavy (non-hydrogen) atoms. The normalized spacial score (nSPS) is 17.5. The fourth-order valence-electron chi connectivity index (χ4n) is 2.30. The lowest BCUT2D eigenvalue weighted by Crippen LogP contribution is -3.13. The number of ether oxygens (including phenoxy) is 1. The third-order valence-electron chi connectivity index (χ3n) is 3.46. The van der Waals surface area contributed by atoms with E-state index in [4.69, 9.17) is 4.74 Å². The number of methoxy groups -OCH3 is 1. The number of nitrogens with one attached hydrogen (secondary N) is 1. The van der Waals surface area contributed by atoms with Gasteiger partial charge in [0, 0.05) is 25.1 Å². The Morgan fingerprint density at radius 2 is 1.76 bits per heavy atom. The average molecular weight is 281 g/mol. The number of rotatable bonds is 4. The van der Waals surface area contributed by atoms with Crippen molar-refractivity contribution in [1.82, 2.24) is 4.98 Å². The Morgan fingerprint density at radius 3 is 2.52 bits per heavy atom. The second-order valence-corrected chi connectivity index (χ2v) is 4.88. The first kappa shape index (κ1) is 13.6. The van der Waals surface area contributed by atoms with E-state index in [1.807, 2.05) is 37.6 Å². The van der Waals surface area contributed by atoms with Gasteiger partial charge in [0.05, 0.1) is 12.6 Å². The molecule has 0 saturated carbocycles. The van der Waals surface area contributed by atoms with E-state index in [1.165, 1.54) is 0 Å². The van der Waals surface area contributed by atoms with E-state index >= 15 is 0 Å². The summed E-state index contributed by atoms with van der Waals surface area (Å²) >= 11 is 0. The first-order valence-corrected chi connectivity index (χ1v) is 6.78. The monoisotopic (exact) mass is 281 g/mol. The van der Waals surface area contributed by atoms with Gasteiger partial charge in [-0.05, 0) is 11.6 Å². The minimum absolute atomic E-state index is 0.477. The Kier molecular flexibility index (Phi) is 3.85. The Bertz CT molecular complexity index is 694. The molecule has 3 rings (SSSR count). The quantitative estimate of drug-likeness (QED) is 0.908. The molecular weight excluding hydrogens is 264 g/mol. The SMILES string of the molecule is COCC1=NN=C(c2cncc(-c3ccccc3)c2)[NH+]1C. The molecular formula is C16H17N4O+. The van der Waals surface area contributed by atoms with Crippen molar-refractivity contribution < 1.29 is 9.64 Å². The van der Waals surface area contributed by atoms with Crippen LogP contribution in [0.4, 0.5) is 0 Å². The van der Waals surface area contributed by atoms with Gasteiger partial charge in [-0.2, -0.15) is 0 Å². The summed E-state index contributed by atoms with van der Waals surface area (Å²) in [6.45, 7) is 0.477. The summed E-state index contributed by atoms with van der Waals surface area (Å²) in [4.78, 5) is 5.38. The molecule has 2 heterocycles. The summed E-state index contributed by atoms with van der Waals surface area (Å²) in [5.74, 6) is 1.74. The number of hydrogen-bond donors (Lipinski definition) is 1. The molecule has 1 atom stereocenters. The van der Waals surface area contributed by atoms with Crippen LogP contribution in [0.3, 0.4) is 0 Å². The maximum absolute atomic E-state index is 5.13. The molecule has 5 nitrogen and oxygen atoms in total. The van der Waals surface area contributed by atoms with Gasteiger partial charge in [0.15, 0.2) is 0 Å². The van der Waals surface area contributed by atoms with E-state index in [9.17, 15) is 0 Å². The standard InChI is InChI=1S/C16H16N4O/c1-20-15(11-21-2)18-19-16(20)14-8-13(9-17-10-14)12-6-4-3-5-7-12/h3-10H,11H2,1-2H3/p+1. The number of quaternary nitrogens is 1. The molecule has 0 aliphatic carbocycles. The molecule has 1 aliphatic heterocycles. The number of amidine groups is 2. The molecule has 1 aromatic heterocycles. The molecule has 1 unspecified atom stereocenters. The Morgan fingerprint density at radius 1 is 1.00 bits per heavy atom. The second-order valence-electron chi connectivity index (χ2n) is 4.88. The topological polar surface area (TPSA) is 51.3 Å². The molecule has 1 aliphatic rings. The zero-order valence-electron chi connectivity index (χ0n) is 12.1. The van der Waals surface area contributed by atoms with Gasteiger partial charge in [0.1, 0.15) is 6.61 Å². The van der Waals surface area contributed by atoms with Crippen molar-refractivity contribution >= 4 is 11.7 Å². The molecule has 0 bridgehead atoms. The fourth-order valence-corrected chi connectivity index (χ4v) is 2.30. The second kappa shape index (κ2) is 5.95. The smallest absolute Gasteiger partial charge is 0.260 e. The van der Waals surface area contributed by atoms with Crippen molar-refractivity contribution in [3.63, 3.8) is 0 Å². The number of aromatic nitrogens is 1. The highest BCUT2D eigenvalue weighted by Crippen LogP contribution is 2.18. The lowest BCUT2D eigenvalue weighted by atomic mass is 10.1. The van der Waals surface area contributed by atoms with Crippen molar-refractivity contribution in [2.75, 3.05) is 20.8 Å². The van der Waals surface area contributed by atoms with Crippen molar-refractivity contribution in [1.29, 1.82) is 0 Å². The van der Waals surface area contributed by atoms with E-state index in [0.717, 1.165) is 33.3 Å². The zero-order valence-corrected chi connectivity index (χ0v) is 12.1. The molecule has 1 aromatic carbocycles. The van der Waals surface area contributed by atoms with Crippen molar-refractivity contribution in [3.05, 3.63) is 54.4 Å². The minimum atomic E-state index is 0.477. The number of likely N-dealkylation sites (N-methyl/N-ethyl adjacent to an activating group) is 1. The van der Waals surface area contributed by atoms with Crippen LogP contribution in [-0.4, -0.2) is 37.4 Å². The van der Waals surface area contributed by atoms with Gasteiger partial charge in [-0.25, -0.2) is 4.90 Å². The van der Waals surface area contributed by atoms with Crippen LogP contribution in [0.15, 0.2) is 59.0 Å². The van der Waals surface area contributed by atoms with Crippen LogP contribution in [0.1, 0.15) is 5.56 Å². The number of hydrogen-bond acceptors (Lipinski definition) is 4. The van der Waals surface area contributed by atoms with Crippen molar-refractivity contribution in [2.45, 2.75) is 0 Å². The number of nitrogens with zero attached hydrogens (tertiary/aromatic N) is 3. The maximum atomic E-state index is 5.13. The summed E-state index contributed by atoms with van der Waals surface area (Å²) in [5, 5.41) is 8.45. The van der Waals surface area contributed by atoms with Gasteiger partial charge >= 0.3 is 0 Å². The summed E-state index contributed by atoms with van der Waals surface area (Å²) < 4.78 is 5.13. The average Bonchev–Trinajstić information content (AvgIpc) is 2.90. The van der Waals surface area contributed by atoms with Gasteiger partial charge in [-0.15, -0.1) is 0 Å². The van der Waals surface area contributed by atoms with Crippen LogP contribution in [0.25, 0.3) is 11.1 Å². The van der Waals surface area contributed by atoms with Crippen LogP contribution in [0.5, 0.6) is 0 Å². The Hall–Kier alpha value is -2.37. The van der Waals surface area contributed by atoms with Crippen molar-refractivity contribution in [2.24, 2.45) is 10.2 Å². The molecule has 0 fully saturated rings. The highest BCUT2D eigenvalue weighted by molar-refractivity contribution is 6.01. The molecule has 0 saturated heterocycles. The Balaban J connectivity index is 1.89. The third-order valence-corrected chi connectivity index (χ3v) is 3.46. The van der Waals surface area contributed by atoms with Crippen LogP contribution in [-0.2, 0) is 4.74 Å². The van der Waals surface area contributed by atoms with Crippen LogP contribution in [0, 0.1) is 0 Å². The molecule has 0 spiro atoms. The lowest BCUT2D eigenvalue weighted by Gasteiger charge is -2.10. The summed E-state index contributed by atoms with van der Waals surface area (Å²) in [6, 6.07) is 12.3. The first-order chi connectivity index (χ1) is 10.3. The van der Waals surface area contributed by atoms with E-state index in [-0.39, 0.29) is 0 Å². The third kappa shape index (κ3) is 2.74. The molecule has 2 aromatic rings. The fraction of sp³-hybridized carbons (Fsp3) is 0.188. The highest BCUT2D eigenvalue weighted by atomic mass is 16.5. The molecule has 0 radical (unpaired) electrons.